The Balaban J connectivity index is 2.09. The first-order valence-corrected chi connectivity index (χ1v) is 7.66. The molecule has 0 bridgehead atoms. The number of carbonyl (C=O) groups is 1. The zero-order valence-electron chi connectivity index (χ0n) is 12.9. The molecule has 2 rings (SSSR count). The van der Waals surface area contributed by atoms with E-state index in [1.54, 1.807) is 0 Å². The van der Waals surface area contributed by atoms with Crippen molar-refractivity contribution in [2.75, 3.05) is 6.54 Å². The van der Waals surface area contributed by atoms with Crippen molar-refractivity contribution >= 4 is 5.97 Å². The summed E-state index contributed by atoms with van der Waals surface area (Å²) in [5, 5.41) is 9.07. The third-order valence-electron chi connectivity index (χ3n) is 4.84. The molecule has 0 amide bonds. The van der Waals surface area contributed by atoms with Crippen LogP contribution < -0.4 is 0 Å². The van der Waals surface area contributed by atoms with E-state index in [0.717, 1.165) is 19.4 Å². The molecule has 2 aliphatic rings. The van der Waals surface area contributed by atoms with Crippen molar-refractivity contribution in [1.82, 2.24) is 4.90 Å². The lowest BCUT2D eigenvalue weighted by molar-refractivity contribution is -0.138. The lowest BCUT2D eigenvalue weighted by atomic mass is 9.63. The summed E-state index contributed by atoms with van der Waals surface area (Å²) in [6.45, 7) is 10.5. The van der Waals surface area contributed by atoms with Crippen LogP contribution in [0.4, 0.5) is 0 Å². The van der Waals surface area contributed by atoms with Crippen LogP contribution in [0.1, 0.15) is 66.2 Å². The SMILES string of the molecule is CC1(C)CC(N2CCCC2CC(=O)O)CC(C)(C)C1. The lowest BCUT2D eigenvalue weighted by Gasteiger charge is -2.49. The third-order valence-corrected chi connectivity index (χ3v) is 4.84. The average Bonchev–Trinajstić information content (AvgIpc) is 2.59. The van der Waals surface area contributed by atoms with Crippen LogP contribution in [0.2, 0.25) is 0 Å². The van der Waals surface area contributed by atoms with Gasteiger partial charge in [0, 0.05) is 12.1 Å². The zero-order chi connectivity index (χ0) is 14.3. The van der Waals surface area contributed by atoms with Gasteiger partial charge in [0.2, 0.25) is 0 Å². The van der Waals surface area contributed by atoms with Gasteiger partial charge in [0.05, 0.1) is 6.42 Å². The van der Waals surface area contributed by atoms with Gasteiger partial charge in [-0.15, -0.1) is 0 Å². The second-order valence-electron chi connectivity index (χ2n) is 8.20. The van der Waals surface area contributed by atoms with E-state index in [4.69, 9.17) is 5.11 Å². The molecule has 2 fully saturated rings. The molecular formula is C16H29NO2. The number of carboxylic acid groups (broad SMARTS) is 1. The molecule has 1 heterocycles. The summed E-state index contributed by atoms with van der Waals surface area (Å²) in [5.74, 6) is -0.647. The van der Waals surface area contributed by atoms with E-state index in [9.17, 15) is 4.79 Å². The summed E-state index contributed by atoms with van der Waals surface area (Å²) in [6.07, 6.45) is 6.24. The molecule has 0 aromatic rings. The summed E-state index contributed by atoms with van der Waals surface area (Å²) in [5.41, 5.74) is 0.756. The van der Waals surface area contributed by atoms with Crippen LogP contribution in [0.25, 0.3) is 0 Å². The molecule has 1 atom stereocenters. The van der Waals surface area contributed by atoms with Crippen LogP contribution >= 0.6 is 0 Å². The van der Waals surface area contributed by atoms with Crippen molar-refractivity contribution in [3.63, 3.8) is 0 Å². The van der Waals surface area contributed by atoms with Crippen molar-refractivity contribution in [2.45, 2.75) is 78.3 Å². The molecule has 0 aromatic carbocycles. The maximum absolute atomic E-state index is 11.0. The van der Waals surface area contributed by atoms with Gasteiger partial charge in [0.15, 0.2) is 0 Å². The summed E-state index contributed by atoms with van der Waals surface area (Å²) < 4.78 is 0. The minimum absolute atomic E-state index is 0.271. The van der Waals surface area contributed by atoms with Crippen molar-refractivity contribution < 1.29 is 9.90 Å². The molecular weight excluding hydrogens is 238 g/mol. The van der Waals surface area contributed by atoms with Gasteiger partial charge in [-0.2, -0.15) is 0 Å². The first-order chi connectivity index (χ1) is 8.69. The Bertz CT molecular complexity index is 333. The topological polar surface area (TPSA) is 40.5 Å². The molecule has 3 heteroatoms. The summed E-state index contributed by atoms with van der Waals surface area (Å²) in [4.78, 5) is 13.5. The summed E-state index contributed by atoms with van der Waals surface area (Å²) >= 11 is 0. The molecule has 110 valence electrons. The Morgan fingerprint density at radius 1 is 1.21 bits per heavy atom. The highest BCUT2D eigenvalue weighted by molar-refractivity contribution is 5.67. The smallest absolute Gasteiger partial charge is 0.304 e. The monoisotopic (exact) mass is 267 g/mol. The molecule has 3 nitrogen and oxygen atoms in total. The molecule has 1 aliphatic heterocycles. The van der Waals surface area contributed by atoms with Gasteiger partial charge >= 0.3 is 5.97 Å². The van der Waals surface area contributed by atoms with Gasteiger partial charge in [-0.05, 0) is 49.5 Å². The fourth-order valence-corrected chi connectivity index (χ4v) is 4.78. The quantitative estimate of drug-likeness (QED) is 0.850. The maximum atomic E-state index is 11.0. The molecule has 1 saturated heterocycles. The first kappa shape index (κ1) is 14.8. The van der Waals surface area contributed by atoms with Crippen LogP contribution in [-0.4, -0.2) is 34.6 Å². The Morgan fingerprint density at radius 2 is 1.79 bits per heavy atom. The Hall–Kier alpha value is -0.570. The van der Waals surface area contributed by atoms with Gasteiger partial charge < -0.3 is 5.11 Å². The number of rotatable bonds is 3. The van der Waals surface area contributed by atoms with Gasteiger partial charge in [0.1, 0.15) is 0 Å². The Kier molecular flexibility index (Phi) is 3.97. The van der Waals surface area contributed by atoms with Gasteiger partial charge in [-0.25, -0.2) is 0 Å². The number of nitrogens with zero attached hydrogens (tertiary/aromatic N) is 1. The highest BCUT2D eigenvalue weighted by Gasteiger charge is 2.43. The minimum Gasteiger partial charge on any atom is -0.481 e. The Labute approximate surface area is 117 Å². The molecule has 1 saturated carbocycles. The van der Waals surface area contributed by atoms with E-state index in [1.807, 2.05) is 0 Å². The lowest BCUT2D eigenvalue weighted by Crippen LogP contribution is -2.48. The summed E-state index contributed by atoms with van der Waals surface area (Å²) in [7, 11) is 0. The normalized spacial score (nSPS) is 31.5. The number of hydrogen-bond donors (Lipinski definition) is 1. The number of aliphatic carboxylic acids is 1. The van der Waals surface area contributed by atoms with E-state index in [0.29, 0.717) is 23.3 Å². The molecule has 0 spiro atoms. The molecule has 19 heavy (non-hydrogen) atoms. The Morgan fingerprint density at radius 3 is 2.32 bits per heavy atom. The van der Waals surface area contributed by atoms with Crippen LogP contribution in [0.15, 0.2) is 0 Å². The van der Waals surface area contributed by atoms with Crippen LogP contribution in [-0.2, 0) is 4.79 Å². The number of likely N-dealkylation sites (tertiary alicyclic amines) is 1. The first-order valence-electron chi connectivity index (χ1n) is 7.66. The van der Waals surface area contributed by atoms with Gasteiger partial charge in [0.25, 0.3) is 0 Å². The molecule has 0 radical (unpaired) electrons. The van der Waals surface area contributed by atoms with E-state index in [1.165, 1.54) is 19.3 Å². The molecule has 1 unspecified atom stereocenters. The van der Waals surface area contributed by atoms with Gasteiger partial charge in [-0.3, -0.25) is 9.69 Å². The van der Waals surface area contributed by atoms with Gasteiger partial charge in [-0.1, -0.05) is 27.7 Å². The standard InChI is InChI=1S/C16H29NO2/c1-15(2)9-13(10-16(3,4)11-15)17-7-5-6-12(17)8-14(18)19/h12-13H,5-11H2,1-4H3,(H,18,19). The molecule has 1 N–H and O–H groups in total. The highest BCUT2D eigenvalue weighted by Crippen LogP contribution is 2.48. The molecule has 0 aromatic heterocycles. The van der Waals surface area contributed by atoms with E-state index in [-0.39, 0.29) is 6.04 Å². The van der Waals surface area contributed by atoms with Crippen molar-refractivity contribution in [3.8, 4) is 0 Å². The second-order valence-corrected chi connectivity index (χ2v) is 8.20. The van der Waals surface area contributed by atoms with E-state index >= 15 is 0 Å². The predicted octanol–water partition coefficient (Wildman–Crippen LogP) is 3.53. The number of hydrogen-bond acceptors (Lipinski definition) is 2. The maximum Gasteiger partial charge on any atom is 0.304 e. The molecule has 1 aliphatic carbocycles. The zero-order valence-corrected chi connectivity index (χ0v) is 12.9. The summed E-state index contributed by atoms with van der Waals surface area (Å²) in [6, 6.07) is 0.845. The fourth-order valence-electron chi connectivity index (χ4n) is 4.78. The average molecular weight is 267 g/mol. The van der Waals surface area contributed by atoms with Crippen molar-refractivity contribution in [1.29, 1.82) is 0 Å². The largest absolute Gasteiger partial charge is 0.481 e. The van der Waals surface area contributed by atoms with Crippen LogP contribution in [0.5, 0.6) is 0 Å². The van der Waals surface area contributed by atoms with E-state index in [2.05, 4.69) is 32.6 Å². The minimum atomic E-state index is -0.647. The van der Waals surface area contributed by atoms with Crippen LogP contribution in [0, 0.1) is 10.8 Å². The van der Waals surface area contributed by atoms with Crippen molar-refractivity contribution in [2.24, 2.45) is 10.8 Å². The number of carboxylic acids is 1. The van der Waals surface area contributed by atoms with Crippen LogP contribution in [0.3, 0.4) is 0 Å². The highest BCUT2D eigenvalue weighted by atomic mass is 16.4. The van der Waals surface area contributed by atoms with E-state index < -0.39 is 5.97 Å². The second kappa shape index (κ2) is 5.08. The third kappa shape index (κ3) is 3.71. The van der Waals surface area contributed by atoms with Crippen molar-refractivity contribution in [3.05, 3.63) is 0 Å². The fraction of sp³-hybridized carbons (Fsp3) is 0.938. The predicted molar refractivity (Wildman–Crippen MR) is 77.2 cm³/mol.